The number of urea groups is 1. The van der Waals surface area contributed by atoms with Crippen LogP contribution in [0.5, 0.6) is 11.5 Å². The van der Waals surface area contributed by atoms with Gasteiger partial charge < -0.3 is 20.1 Å². The van der Waals surface area contributed by atoms with Crippen molar-refractivity contribution < 1.29 is 23.9 Å². The monoisotopic (exact) mass is 443 g/mol. The van der Waals surface area contributed by atoms with E-state index in [0.29, 0.717) is 34.4 Å². The molecule has 0 aromatic heterocycles. The van der Waals surface area contributed by atoms with Crippen LogP contribution in [0.2, 0.25) is 5.02 Å². The maximum Gasteiger partial charge on any atom is 0.329 e. The number of nitrogens with one attached hydrogen (secondary N) is 2. The molecule has 1 fully saturated rings. The molecule has 1 aliphatic heterocycles. The van der Waals surface area contributed by atoms with Crippen LogP contribution < -0.4 is 20.1 Å². The van der Waals surface area contributed by atoms with Gasteiger partial charge in [-0.25, -0.2) is 9.69 Å². The Morgan fingerprint density at radius 3 is 2.58 bits per heavy atom. The highest BCUT2D eigenvalue weighted by molar-refractivity contribution is 6.32. The Kier molecular flexibility index (Phi) is 6.81. The second-order valence-electron chi connectivity index (χ2n) is 6.76. The number of carbonyl (C=O) groups excluding carboxylic acids is 3. The second-order valence-corrected chi connectivity index (χ2v) is 7.17. The van der Waals surface area contributed by atoms with E-state index in [1.165, 1.54) is 13.2 Å². The highest BCUT2D eigenvalue weighted by atomic mass is 35.5. The molecule has 3 rings (SSSR count). The fourth-order valence-electron chi connectivity index (χ4n) is 3.00. The third-order valence-corrected chi connectivity index (χ3v) is 4.73. The van der Waals surface area contributed by atoms with Crippen molar-refractivity contribution in [2.24, 2.45) is 0 Å². The van der Waals surface area contributed by atoms with Gasteiger partial charge in [-0.15, -0.1) is 0 Å². The molecule has 1 heterocycles. The summed E-state index contributed by atoms with van der Waals surface area (Å²) in [5, 5.41) is 5.44. The number of rotatable bonds is 7. The van der Waals surface area contributed by atoms with E-state index in [-0.39, 0.29) is 5.70 Å². The molecule has 1 aliphatic rings. The van der Waals surface area contributed by atoms with E-state index in [2.05, 4.69) is 10.6 Å². The van der Waals surface area contributed by atoms with E-state index in [4.69, 9.17) is 21.1 Å². The summed E-state index contributed by atoms with van der Waals surface area (Å²) in [5.74, 6) is -0.314. The van der Waals surface area contributed by atoms with Crippen LogP contribution in [0.15, 0.2) is 42.1 Å². The lowest BCUT2D eigenvalue weighted by molar-refractivity contribution is -0.127. The van der Waals surface area contributed by atoms with Gasteiger partial charge in [0.15, 0.2) is 11.5 Å². The summed E-state index contributed by atoms with van der Waals surface area (Å²) in [6, 6.07) is 9.73. The Morgan fingerprint density at radius 2 is 1.94 bits per heavy atom. The lowest BCUT2D eigenvalue weighted by Gasteiger charge is -2.12. The zero-order valence-corrected chi connectivity index (χ0v) is 18.1. The number of hydrogen-bond donors (Lipinski definition) is 2. The zero-order valence-electron chi connectivity index (χ0n) is 17.3. The SMILES string of the molecule is CCOc1cc(/C=C2/NC(=O)N(CC(=O)Nc3ccc(C)cc3)C2=O)cc(Cl)c1OC. The molecule has 1 saturated heterocycles. The first-order valence-corrected chi connectivity index (χ1v) is 9.91. The minimum atomic E-state index is -0.681. The molecule has 0 spiro atoms. The molecule has 9 heteroatoms. The molecule has 2 aromatic carbocycles. The van der Waals surface area contributed by atoms with E-state index in [1.807, 2.05) is 26.0 Å². The minimum absolute atomic E-state index is 0.0248. The van der Waals surface area contributed by atoms with Crippen LogP contribution in [0.4, 0.5) is 10.5 Å². The quantitative estimate of drug-likeness (QED) is 0.503. The number of aryl methyl sites for hydroxylation is 1. The molecular weight excluding hydrogens is 422 g/mol. The van der Waals surface area contributed by atoms with E-state index in [0.717, 1.165) is 10.5 Å². The van der Waals surface area contributed by atoms with E-state index < -0.39 is 24.4 Å². The number of benzene rings is 2. The van der Waals surface area contributed by atoms with E-state index in [1.54, 1.807) is 24.3 Å². The third-order valence-electron chi connectivity index (χ3n) is 4.45. The predicted molar refractivity (Wildman–Crippen MR) is 117 cm³/mol. The maximum atomic E-state index is 12.7. The Bertz CT molecular complexity index is 1050. The Hall–Kier alpha value is -3.52. The maximum absolute atomic E-state index is 12.7. The van der Waals surface area contributed by atoms with Crippen molar-refractivity contribution in [2.75, 3.05) is 25.6 Å². The normalized spacial score (nSPS) is 14.6. The fourth-order valence-corrected chi connectivity index (χ4v) is 3.29. The summed E-state index contributed by atoms with van der Waals surface area (Å²) in [5.41, 5.74) is 2.18. The van der Waals surface area contributed by atoms with Crippen LogP contribution in [0.1, 0.15) is 18.1 Å². The van der Waals surface area contributed by atoms with Gasteiger partial charge in [0.2, 0.25) is 5.91 Å². The van der Waals surface area contributed by atoms with Crippen molar-refractivity contribution in [2.45, 2.75) is 13.8 Å². The van der Waals surface area contributed by atoms with Gasteiger partial charge in [-0.3, -0.25) is 9.59 Å². The Morgan fingerprint density at radius 1 is 1.23 bits per heavy atom. The number of ether oxygens (including phenoxy) is 2. The zero-order chi connectivity index (χ0) is 22.5. The molecule has 31 heavy (non-hydrogen) atoms. The molecule has 0 radical (unpaired) electrons. The highest BCUT2D eigenvalue weighted by Gasteiger charge is 2.35. The number of methoxy groups -OCH3 is 1. The van der Waals surface area contributed by atoms with Gasteiger partial charge in [-0.2, -0.15) is 0 Å². The summed E-state index contributed by atoms with van der Waals surface area (Å²) < 4.78 is 10.8. The molecule has 162 valence electrons. The number of anilines is 1. The number of carbonyl (C=O) groups is 3. The van der Waals surface area contributed by atoms with Crippen LogP contribution in [-0.2, 0) is 9.59 Å². The van der Waals surface area contributed by atoms with Gasteiger partial charge in [0.05, 0.1) is 18.7 Å². The standard InChI is InChI=1S/C22H22ClN3O5/c1-4-31-18-11-14(9-16(23)20(18)30-3)10-17-21(28)26(22(29)25-17)12-19(27)24-15-7-5-13(2)6-8-15/h5-11H,4,12H2,1-3H3,(H,24,27)(H,25,29)/b17-10+. The van der Waals surface area contributed by atoms with Crippen molar-refractivity contribution in [3.05, 3.63) is 58.2 Å². The highest BCUT2D eigenvalue weighted by Crippen LogP contribution is 2.37. The molecule has 0 aliphatic carbocycles. The Labute approximate surface area is 184 Å². The molecule has 4 amide bonds. The van der Waals surface area contributed by atoms with Gasteiger partial charge in [-0.1, -0.05) is 29.3 Å². The smallest absolute Gasteiger partial charge is 0.329 e. The van der Waals surface area contributed by atoms with Crippen LogP contribution in [0.25, 0.3) is 6.08 Å². The topological polar surface area (TPSA) is 97.0 Å². The first-order valence-electron chi connectivity index (χ1n) is 9.53. The van der Waals surface area contributed by atoms with Crippen molar-refractivity contribution in [1.82, 2.24) is 10.2 Å². The van der Waals surface area contributed by atoms with Crippen molar-refractivity contribution in [3.63, 3.8) is 0 Å². The summed E-state index contributed by atoms with van der Waals surface area (Å²) in [6.45, 7) is 3.73. The van der Waals surface area contributed by atoms with Gasteiger partial charge in [0, 0.05) is 5.69 Å². The second kappa shape index (κ2) is 9.53. The molecule has 2 aromatic rings. The largest absolute Gasteiger partial charge is 0.491 e. The fraction of sp³-hybridized carbons (Fsp3) is 0.227. The number of amides is 4. The number of hydrogen-bond acceptors (Lipinski definition) is 5. The Balaban J connectivity index is 1.75. The summed E-state index contributed by atoms with van der Waals surface area (Å²) in [4.78, 5) is 38.1. The van der Waals surface area contributed by atoms with Crippen molar-refractivity contribution >= 4 is 41.2 Å². The summed E-state index contributed by atoms with van der Waals surface area (Å²) >= 11 is 6.24. The van der Waals surface area contributed by atoms with Gasteiger partial charge in [0.1, 0.15) is 12.2 Å². The van der Waals surface area contributed by atoms with Gasteiger partial charge in [0.25, 0.3) is 5.91 Å². The molecule has 0 saturated carbocycles. The minimum Gasteiger partial charge on any atom is -0.491 e. The van der Waals surface area contributed by atoms with E-state index in [9.17, 15) is 14.4 Å². The van der Waals surface area contributed by atoms with Crippen LogP contribution in [0, 0.1) is 6.92 Å². The number of nitrogens with zero attached hydrogens (tertiary/aromatic N) is 1. The average Bonchev–Trinajstić information content (AvgIpc) is 2.97. The van der Waals surface area contributed by atoms with Crippen molar-refractivity contribution in [3.8, 4) is 11.5 Å². The summed E-state index contributed by atoms with van der Waals surface area (Å²) in [7, 11) is 1.47. The number of imide groups is 1. The molecule has 0 atom stereocenters. The molecular formula is C22H22ClN3O5. The molecule has 0 bridgehead atoms. The van der Waals surface area contributed by atoms with Crippen LogP contribution in [0.3, 0.4) is 0 Å². The van der Waals surface area contributed by atoms with Crippen molar-refractivity contribution in [1.29, 1.82) is 0 Å². The van der Waals surface area contributed by atoms with Crippen LogP contribution in [-0.4, -0.2) is 43.0 Å². The van der Waals surface area contributed by atoms with Gasteiger partial charge >= 0.3 is 6.03 Å². The molecule has 8 nitrogen and oxygen atoms in total. The molecule has 0 unspecified atom stereocenters. The third kappa shape index (κ3) is 5.16. The average molecular weight is 444 g/mol. The van der Waals surface area contributed by atoms with Crippen LogP contribution >= 0.6 is 11.6 Å². The first kappa shape index (κ1) is 22.2. The first-order chi connectivity index (χ1) is 14.8. The lowest BCUT2D eigenvalue weighted by Crippen LogP contribution is -2.38. The summed E-state index contributed by atoms with van der Waals surface area (Å²) in [6.07, 6.45) is 1.46. The van der Waals surface area contributed by atoms with Gasteiger partial charge in [-0.05, 0) is 49.8 Å². The number of halogens is 1. The van der Waals surface area contributed by atoms with E-state index >= 15 is 0 Å². The lowest BCUT2D eigenvalue weighted by atomic mass is 10.1. The predicted octanol–water partition coefficient (Wildman–Crippen LogP) is 3.59. The molecule has 2 N–H and O–H groups in total.